The molecular weight excluding hydrogens is 356 g/mol. The first-order chi connectivity index (χ1) is 13.6. The molecule has 7 nitrogen and oxygen atoms in total. The van der Waals surface area contributed by atoms with E-state index in [1.807, 2.05) is 45.8 Å². The molecule has 0 spiro atoms. The van der Waals surface area contributed by atoms with Gasteiger partial charge < -0.3 is 14.7 Å². The molecule has 1 aromatic carbocycles. The van der Waals surface area contributed by atoms with Crippen LogP contribution >= 0.6 is 0 Å². The van der Waals surface area contributed by atoms with E-state index >= 15 is 0 Å². The van der Waals surface area contributed by atoms with Gasteiger partial charge in [-0.1, -0.05) is 30.3 Å². The predicted octanol–water partition coefficient (Wildman–Crippen LogP) is 2.88. The van der Waals surface area contributed by atoms with Crippen LogP contribution in [0.25, 0.3) is 5.65 Å². The van der Waals surface area contributed by atoms with E-state index in [9.17, 15) is 9.90 Å². The highest BCUT2D eigenvalue weighted by Gasteiger charge is 2.51. The first kappa shape index (κ1) is 17.2. The lowest BCUT2D eigenvalue weighted by Crippen LogP contribution is -2.52. The van der Waals surface area contributed by atoms with Gasteiger partial charge in [0.05, 0.1) is 18.1 Å². The van der Waals surface area contributed by atoms with Crippen LogP contribution in [0.5, 0.6) is 0 Å². The van der Waals surface area contributed by atoms with Crippen LogP contribution < -0.4 is 0 Å². The van der Waals surface area contributed by atoms with Crippen molar-refractivity contribution in [3.63, 3.8) is 0 Å². The molecule has 2 bridgehead atoms. The summed E-state index contributed by atoms with van der Waals surface area (Å²) >= 11 is 0. The average Bonchev–Trinajstić information content (AvgIpc) is 3.27. The van der Waals surface area contributed by atoms with E-state index < -0.39 is 5.60 Å². The minimum atomic E-state index is -1.01. The maximum absolute atomic E-state index is 12.7. The first-order valence-corrected chi connectivity index (χ1v) is 9.63. The summed E-state index contributed by atoms with van der Waals surface area (Å²) in [5.74, 6) is 0. The summed E-state index contributed by atoms with van der Waals surface area (Å²) in [6.07, 6.45) is 9.35. The number of carbonyl (C=O) groups excluding carboxylic acids is 1. The van der Waals surface area contributed by atoms with Crippen LogP contribution in [0.4, 0.5) is 4.79 Å². The van der Waals surface area contributed by atoms with Crippen molar-refractivity contribution in [3.8, 4) is 0 Å². The molecule has 2 atom stereocenters. The number of aliphatic hydroxyl groups is 1. The summed E-state index contributed by atoms with van der Waals surface area (Å²) < 4.78 is 7.44. The molecule has 2 aliphatic rings. The van der Waals surface area contributed by atoms with Crippen molar-refractivity contribution in [2.45, 2.75) is 50.0 Å². The maximum Gasteiger partial charge on any atom is 0.410 e. The molecule has 0 aliphatic carbocycles. The van der Waals surface area contributed by atoms with Crippen LogP contribution in [0.2, 0.25) is 0 Å². The monoisotopic (exact) mass is 378 g/mol. The Morgan fingerprint density at radius 3 is 2.68 bits per heavy atom. The Bertz CT molecular complexity index is 989. The molecule has 2 aliphatic heterocycles. The lowest BCUT2D eigenvalue weighted by molar-refractivity contribution is -0.0569. The van der Waals surface area contributed by atoms with Crippen molar-refractivity contribution >= 4 is 11.7 Å². The van der Waals surface area contributed by atoms with Crippen LogP contribution in [0.15, 0.2) is 55.1 Å². The number of hydrogen-bond acceptors (Lipinski definition) is 5. The lowest BCUT2D eigenvalue weighted by Gasteiger charge is -2.42. The van der Waals surface area contributed by atoms with Gasteiger partial charge in [-0.05, 0) is 18.4 Å². The summed E-state index contributed by atoms with van der Waals surface area (Å²) in [7, 11) is 0. The normalized spacial score (nSPS) is 26.5. The molecule has 0 saturated carbocycles. The standard InChI is InChI=1S/C21H22N4O3/c26-20(28-14-15-4-2-1-3-5-15)25-16-6-7-17(25)11-21(27,10-16)18-12-23-19-13-22-8-9-24(18)19/h1-5,8-9,12-13,16-17,27H,6-7,10-11,14H2. The SMILES string of the molecule is O=C(OCc1ccccc1)N1C2CCC1CC(O)(c1cnc3cnccn13)C2. The Hall–Kier alpha value is -2.93. The van der Waals surface area contributed by atoms with Gasteiger partial charge in [-0.3, -0.25) is 9.38 Å². The molecular formula is C21H22N4O3. The summed E-state index contributed by atoms with van der Waals surface area (Å²) in [6, 6.07) is 9.62. The number of nitrogens with zero attached hydrogens (tertiary/aromatic N) is 4. The average molecular weight is 378 g/mol. The van der Waals surface area contributed by atoms with Crippen molar-refractivity contribution in [1.29, 1.82) is 0 Å². The summed E-state index contributed by atoms with van der Waals surface area (Å²) in [5.41, 5.74) is 1.43. The van der Waals surface area contributed by atoms with Crippen molar-refractivity contribution in [1.82, 2.24) is 19.3 Å². The fourth-order valence-electron chi connectivity index (χ4n) is 4.71. The highest BCUT2D eigenvalue weighted by Crippen LogP contribution is 2.46. The molecule has 28 heavy (non-hydrogen) atoms. The second kappa shape index (κ2) is 6.60. The highest BCUT2D eigenvalue weighted by atomic mass is 16.6. The molecule has 3 aromatic rings. The smallest absolute Gasteiger partial charge is 0.410 e. The van der Waals surface area contributed by atoms with Crippen LogP contribution in [0.3, 0.4) is 0 Å². The van der Waals surface area contributed by atoms with Crippen LogP contribution in [0, 0.1) is 0 Å². The van der Waals surface area contributed by atoms with E-state index in [1.165, 1.54) is 0 Å². The van der Waals surface area contributed by atoms with Crippen LogP contribution in [-0.4, -0.2) is 42.6 Å². The third-order valence-corrected chi connectivity index (χ3v) is 5.98. The topological polar surface area (TPSA) is 80.0 Å². The fourth-order valence-corrected chi connectivity index (χ4v) is 4.71. The zero-order valence-electron chi connectivity index (χ0n) is 15.4. The maximum atomic E-state index is 12.7. The number of fused-ring (bicyclic) bond motifs is 3. The molecule has 2 saturated heterocycles. The van der Waals surface area contributed by atoms with Gasteiger partial charge in [0, 0.05) is 37.3 Å². The highest BCUT2D eigenvalue weighted by molar-refractivity contribution is 5.69. The third kappa shape index (κ3) is 2.82. The second-order valence-corrected chi connectivity index (χ2v) is 7.72. The lowest BCUT2D eigenvalue weighted by atomic mass is 9.84. The van der Waals surface area contributed by atoms with Crippen LogP contribution in [-0.2, 0) is 16.9 Å². The van der Waals surface area contributed by atoms with Gasteiger partial charge in [0.25, 0.3) is 0 Å². The number of imidazole rings is 1. The van der Waals surface area contributed by atoms with Crippen LogP contribution in [0.1, 0.15) is 36.9 Å². The minimum Gasteiger partial charge on any atom is -0.445 e. The Morgan fingerprint density at radius 1 is 1.18 bits per heavy atom. The zero-order chi connectivity index (χ0) is 19.1. The van der Waals surface area contributed by atoms with Crippen molar-refractivity contribution in [3.05, 3.63) is 66.4 Å². The summed E-state index contributed by atoms with van der Waals surface area (Å²) in [5, 5.41) is 11.5. The number of hydrogen-bond donors (Lipinski definition) is 1. The quantitative estimate of drug-likeness (QED) is 0.758. The van der Waals surface area contributed by atoms with Gasteiger partial charge in [0.2, 0.25) is 0 Å². The molecule has 0 radical (unpaired) electrons. The van der Waals surface area contributed by atoms with Gasteiger partial charge in [-0.15, -0.1) is 0 Å². The number of aromatic nitrogens is 3. The molecule has 1 amide bonds. The number of carbonyl (C=O) groups is 1. The Labute approximate surface area is 162 Å². The molecule has 4 heterocycles. The number of piperidine rings is 1. The van der Waals surface area contributed by atoms with Gasteiger partial charge in [0.15, 0.2) is 5.65 Å². The third-order valence-electron chi connectivity index (χ3n) is 5.98. The molecule has 2 unspecified atom stereocenters. The Kier molecular flexibility index (Phi) is 4.05. The minimum absolute atomic E-state index is 0.0283. The van der Waals surface area contributed by atoms with E-state index in [-0.39, 0.29) is 24.8 Å². The summed E-state index contributed by atoms with van der Waals surface area (Å²) in [6.45, 7) is 0.264. The molecule has 7 heteroatoms. The molecule has 5 rings (SSSR count). The zero-order valence-corrected chi connectivity index (χ0v) is 15.4. The second-order valence-electron chi connectivity index (χ2n) is 7.72. The molecule has 144 valence electrons. The van der Waals surface area contributed by atoms with E-state index in [0.29, 0.717) is 18.5 Å². The van der Waals surface area contributed by atoms with Gasteiger partial charge in [-0.2, -0.15) is 0 Å². The van der Waals surface area contributed by atoms with E-state index in [0.717, 1.165) is 24.1 Å². The fraction of sp³-hybridized carbons (Fsp3) is 0.381. The predicted molar refractivity (Wildman–Crippen MR) is 101 cm³/mol. The Morgan fingerprint density at radius 2 is 1.93 bits per heavy atom. The van der Waals surface area contributed by atoms with Gasteiger partial charge >= 0.3 is 6.09 Å². The number of amides is 1. The van der Waals surface area contributed by atoms with Crippen molar-refractivity contribution < 1.29 is 14.6 Å². The largest absolute Gasteiger partial charge is 0.445 e. The number of rotatable bonds is 3. The van der Waals surface area contributed by atoms with E-state index in [1.54, 1.807) is 18.6 Å². The van der Waals surface area contributed by atoms with Gasteiger partial charge in [0.1, 0.15) is 12.2 Å². The number of benzene rings is 1. The number of ether oxygens (including phenoxy) is 1. The first-order valence-electron chi connectivity index (χ1n) is 9.63. The molecule has 2 fully saturated rings. The summed E-state index contributed by atoms with van der Waals surface area (Å²) in [4.78, 5) is 23.0. The molecule has 1 N–H and O–H groups in total. The van der Waals surface area contributed by atoms with Crippen molar-refractivity contribution in [2.75, 3.05) is 0 Å². The van der Waals surface area contributed by atoms with Crippen molar-refractivity contribution in [2.24, 2.45) is 0 Å². The van der Waals surface area contributed by atoms with E-state index in [2.05, 4.69) is 9.97 Å². The van der Waals surface area contributed by atoms with E-state index in [4.69, 9.17) is 4.74 Å². The van der Waals surface area contributed by atoms with Gasteiger partial charge in [-0.25, -0.2) is 9.78 Å². The molecule has 2 aromatic heterocycles. The Balaban J connectivity index is 1.34.